The Morgan fingerprint density at radius 1 is 1.12 bits per heavy atom. The van der Waals surface area contributed by atoms with E-state index in [0.717, 1.165) is 0 Å². The molecule has 3 aromatic carbocycles. The molecular weight excluding hydrogens is 441 g/mol. The minimum atomic E-state index is -1.21. The van der Waals surface area contributed by atoms with E-state index in [1.165, 1.54) is 23.9 Å². The van der Waals surface area contributed by atoms with Crippen LogP contribution in [0.1, 0.15) is 11.1 Å². The van der Waals surface area contributed by atoms with Gasteiger partial charge < -0.3 is 15.0 Å². The molecule has 1 saturated heterocycles. The normalized spacial score (nSPS) is 19.2. The zero-order chi connectivity index (χ0) is 23.0. The van der Waals surface area contributed by atoms with Crippen molar-refractivity contribution in [3.05, 3.63) is 89.7 Å². The van der Waals surface area contributed by atoms with E-state index < -0.39 is 4.87 Å². The maximum absolute atomic E-state index is 14.0. The molecule has 1 N–H and O–H groups in total. The van der Waals surface area contributed by atoms with Crippen LogP contribution in [0.5, 0.6) is 5.75 Å². The van der Waals surface area contributed by atoms with Gasteiger partial charge in [0.1, 0.15) is 11.6 Å². The molecule has 1 fully saturated rings. The lowest BCUT2D eigenvalue weighted by Gasteiger charge is -2.33. The lowest BCUT2D eigenvalue weighted by Crippen LogP contribution is -2.51. The van der Waals surface area contributed by atoms with Gasteiger partial charge in [-0.25, -0.2) is 9.18 Å². The Hall–Kier alpha value is -3.52. The van der Waals surface area contributed by atoms with E-state index in [1.807, 2.05) is 30.3 Å². The van der Waals surface area contributed by atoms with E-state index in [9.17, 15) is 14.0 Å². The van der Waals surface area contributed by atoms with Crippen LogP contribution in [0.4, 0.5) is 20.6 Å². The highest BCUT2D eigenvalue weighted by Gasteiger charge is 2.59. The van der Waals surface area contributed by atoms with Crippen molar-refractivity contribution in [3.8, 4) is 5.75 Å². The van der Waals surface area contributed by atoms with Gasteiger partial charge in [0, 0.05) is 23.5 Å². The number of carbonyl (C=O) groups excluding carboxylic acids is 2. The third kappa shape index (κ3) is 3.60. The molecule has 8 heteroatoms. The Kier molecular flexibility index (Phi) is 5.46. The van der Waals surface area contributed by atoms with Gasteiger partial charge in [-0.1, -0.05) is 30.3 Å². The monoisotopic (exact) mass is 463 g/mol. The number of para-hydroxylation sites is 1. The summed E-state index contributed by atoms with van der Waals surface area (Å²) >= 11 is 1.43. The quantitative estimate of drug-likeness (QED) is 0.603. The van der Waals surface area contributed by atoms with E-state index in [4.69, 9.17) is 4.74 Å². The number of carbonyl (C=O) groups is 2. The number of ether oxygens (including phenoxy) is 1. The fourth-order valence-corrected chi connectivity index (χ4v) is 5.86. The van der Waals surface area contributed by atoms with Gasteiger partial charge in [0.25, 0.3) is 5.91 Å². The highest BCUT2D eigenvalue weighted by atomic mass is 32.2. The Morgan fingerprint density at radius 2 is 1.94 bits per heavy atom. The van der Waals surface area contributed by atoms with Crippen molar-refractivity contribution in [2.75, 3.05) is 29.6 Å². The average molecular weight is 464 g/mol. The molecule has 0 saturated carbocycles. The predicted octanol–water partition coefficient (Wildman–Crippen LogP) is 4.81. The molecule has 0 unspecified atom stereocenters. The summed E-state index contributed by atoms with van der Waals surface area (Å²) < 4.78 is 19.2. The van der Waals surface area contributed by atoms with Crippen molar-refractivity contribution in [2.24, 2.45) is 0 Å². The highest BCUT2D eigenvalue weighted by molar-refractivity contribution is 8.01. The number of anilines is 2. The number of rotatable bonds is 4. The number of thioether (sulfide) groups is 1. The molecule has 3 amide bonds. The number of urea groups is 1. The molecule has 2 aliphatic rings. The van der Waals surface area contributed by atoms with Crippen LogP contribution in [0, 0.1) is 5.82 Å². The topological polar surface area (TPSA) is 61.9 Å². The first-order valence-electron chi connectivity index (χ1n) is 10.6. The molecule has 2 heterocycles. The number of nitrogens with one attached hydrogen (secondary N) is 1. The number of benzene rings is 3. The third-order valence-corrected chi connectivity index (χ3v) is 7.32. The molecule has 0 aliphatic carbocycles. The second kappa shape index (κ2) is 8.44. The van der Waals surface area contributed by atoms with Gasteiger partial charge in [0.2, 0.25) is 0 Å². The summed E-state index contributed by atoms with van der Waals surface area (Å²) in [5.74, 6) is 0.631. The van der Waals surface area contributed by atoms with Crippen LogP contribution < -0.4 is 15.0 Å². The third-order valence-electron chi connectivity index (χ3n) is 5.90. The first-order valence-corrected chi connectivity index (χ1v) is 11.5. The molecular formula is C25H22FN3O3S. The maximum atomic E-state index is 14.0. The molecule has 6 nitrogen and oxygen atoms in total. The van der Waals surface area contributed by atoms with Crippen LogP contribution in [0.3, 0.4) is 0 Å². The first kappa shape index (κ1) is 21.3. The second-order valence-electron chi connectivity index (χ2n) is 7.84. The molecule has 5 rings (SSSR count). The van der Waals surface area contributed by atoms with Crippen LogP contribution in [0.2, 0.25) is 0 Å². The largest absolute Gasteiger partial charge is 0.497 e. The van der Waals surface area contributed by atoms with Crippen LogP contribution in [0.15, 0.2) is 72.8 Å². The summed E-state index contributed by atoms with van der Waals surface area (Å²) in [6, 6.07) is 20.4. The van der Waals surface area contributed by atoms with Crippen molar-refractivity contribution >= 4 is 35.1 Å². The lowest BCUT2D eigenvalue weighted by molar-refractivity contribution is -0.123. The van der Waals surface area contributed by atoms with Gasteiger partial charge in [-0.05, 0) is 48.0 Å². The number of amides is 3. The maximum Gasteiger partial charge on any atom is 0.323 e. The summed E-state index contributed by atoms with van der Waals surface area (Å²) in [6.07, 6.45) is 0. The molecule has 33 heavy (non-hydrogen) atoms. The summed E-state index contributed by atoms with van der Waals surface area (Å²) in [5, 5.41) is 2.91. The zero-order valence-corrected chi connectivity index (χ0v) is 18.8. The van der Waals surface area contributed by atoms with Crippen LogP contribution in [-0.2, 0) is 16.2 Å². The van der Waals surface area contributed by atoms with Crippen molar-refractivity contribution in [1.82, 2.24) is 4.90 Å². The van der Waals surface area contributed by atoms with Gasteiger partial charge in [-0.2, -0.15) is 0 Å². The molecule has 0 bridgehead atoms. The Balaban J connectivity index is 1.56. The molecule has 168 valence electrons. The number of fused-ring (bicyclic) bond motifs is 2. The van der Waals surface area contributed by atoms with Crippen molar-refractivity contribution < 1.29 is 18.7 Å². The minimum Gasteiger partial charge on any atom is -0.497 e. The molecule has 3 aromatic rings. The standard InChI is InChI=1S/C25H22FN3O3S/c1-32-20-10-11-22-21(15-20)25(23(30)28(22)16-17-6-5-7-18(26)14-17)29(12-13-33-25)24(31)27-19-8-3-2-4-9-19/h2-11,14-15H,12-13,16H2,1H3,(H,27,31)/t25-/m0/s1. The molecule has 1 spiro atoms. The number of nitrogens with zero attached hydrogens (tertiary/aromatic N) is 2. The van der Waals surface area contributed by atoms with Crippen molar-refractivity contribution in [3.63, 3.8) is 0 Å². The predicted molar refractivity (Wildman–Crippen MR) is 127 cm³/mol. The van der Waals surface area contributed by atoms with E-state index in [0.29, 0.717) is 40.5 Å². The van der Waals surface area contributed by atoms with E-state index in [2.05, 4.69) is 5.32 Å². The average Bonchev–Trinajstić information content (AvgIpc) is 3.37. The highest BCUT2D eigenvalue weighted by Crippen LogP contribution is 2.55. The van der Waals surface area contributed by atoms with E-state index >= 15 is 0 Å². The Morgan fingerprint density at radius 3 is 2.70 bits per heavy atom. The first-order chi connectivity index (χ1) is 16.0. The van der Waals surface area contributed by atoms with E-state index in [-0.39, 0.29) is 24.3 Å². The number of hydrogen-bond donors (Lipinski definition) is 1. The van der Waals surface area contributed by atoms with Crippen molar-refractivity contribution in [1.29, 1.82) is 0 Å². The van der Waals surface area contributed by atoms with Gasteiger partial charge in [-0.3, -0.25) is 9.69 Å². The van der Waals surface area contributed by atoms with Gasteiger partial charge in [0.15, 0.2) is 4.87 Å². The number of hydrogen-bond acceptors (Lipinski definition) is 4. The Labute approximate surface area is 195 Å². The lowest BCUT2D eigenvalue weighted by atomic mass is 10.1. The summed E-state index contributed by atoms with van der Waals surface area (Å²) in [5.41, 5.74) is 2.72. The SMILES string of the molecule is COc1ccc2c(c1)[C@]1(SCCN1C(=O)Nc1ccccc1)C(=O)N2Cc1cccc(F)c1. The molecule has 1 atom stereocenters. The minimum absolute atomic E-state index is 0.201. The second-order valence-corrected chi connectivity index (χ2v) is 9.13. The van der Waals surface area contributed by atoms with Crippen LogP contribution >= 0.6 is 11.8 Å². The molecule has 0 aromatic heterocycles. The van der Waals surface area contributed by atoms with Gasteiger partial charge in [-0.15, -0.1) is 11.8 Å². The summed E-state index contributed by atoms with van der Waals surface area (Å²) in [6.45, 7) is 0.617. The van der Waals surface area contributed by atoms with E-state index in [1.54, 1.807) is 47.2 Å². The van der Waals surface area contributed by atoms with Crippen LogP contribution in [0.25, 0.3) is 0 Å². The van der Waals surface area contributed by atoms with Gasteiger partial charge >= 0.3 is 6.03 Å². The van der Waals surface area contributed by atoms with Gasteiger partial charge in [0.05, 0.1) is 19.3 Å². The van der Waals surface area contributed by atoms with Crippen molar-refractivity contribution in [2.45, 2.75) is 11.4 Å². The fourth-order valence-electron chi connectivity index (χ4n) is 4.41. The number of methoxy groups -OCH3 is 1. The summed E-state index contributed by atoms with van der Waals surface area (Å²) in [4.78, 5) is 29.3. The fraction of sp³-hybridized carbons (Fsp3) is 0.200. The molecule has 0 radical (unpaired) electrons. The van der Waals surface area contributed by atoms with Crippen LogP contribution in [-0.4, -0.2) is 36.2 Å². The number of halogens is 1. The Bertz CT molecular complexity index is 1220. The summed E-state index contributed by atoms with van der Waals surface area (Å²) in [7, 11) is 1.57. The smallest absolute Gasteiger partial charge is 0.323 e. The molecule has 2 aliphatic heterocycles. The zero-order valence-electron chi connectivity index (χ0n) is 18.0.